The quantitative estimate of drug-likeness (QED) is 0.752. The van der Waals surface area contributed by atoms with Crippen molar-refractivity contribution in [1.29, 1.82) is 5.26 Å². The van der Waals surface area contributed by atoms with E-state index in [-0.39, 0.29) is 12.5 Å². The summed E-state index contributed by atoms with van der Waals surface area (Å²) in [6.45, 7) is 7.02. The summed E-state index contributed by atoms with van der Waals surface area (Å²) < 4.78 is 0. The summed E-state index contributed by atoms with van der Waals surface area (Å²) in [7, 11) is 0. The zero-order chi connectivity index (χ0) is 13.6. The predicted molar refractivity (Wildman–Crippen MR) is 62.3 cm³/mol. The lowest BCUT2D eigenvalue weighted by atomic mass is 10.1. The van der Waals surface area contributed by atoms with E-state index < -0.39 is 17.5 Å². The average Bonchev–Trinajstić information content (AvgIpc) is 2.24. The molecule has 0 aromatic heterocycles. The lowest BCUT2D eigenvalue weighted by molar-refractivity contribution is -0.143. The van der Waals surface area contributed by atoms with Gasteiger partial charge in [-0.25, -0.2) is 9.59 Å². The van der Waals surface area contributed by atoms with Crippen LogP contribution in [0.2, 0.25) is 0 Å². The molecule has 96 valence electrons. The third-order valence-corrected chi connectivity index (χ3v) is 2.34. The second kappa shape index (κ2) is 6.09. The van der Waals surface area contributed by atoms with Crippen LogP contribution >= 0.6 is 0 Å². The van der Waals surface area contributed by atoms with Crippen molar-refractivity contribution in [1.82, 2.24) is 10.2 Å². The van der Waals surface area contributed by atoms with Crippen LogP contribution in [-0.2, 0) is 4.79 Å². The highest BCUT2D eigenvalue weighted by Gasteiger charge is 2.30. The fraction of sp³-hybridized carbons (Fsp3) is 0.727. The number of aliphatic carboxylic acids is 1. The number of carboxylic acid groups (broad SMARTS) is 1. The van der Waals surface area contributed by atoms with Gasteiger partial charge in [-0.05, 0) is 27.7 Å². The van der Waals surface area contributed by atoms with E-state index in [1.165, 1.54) is 18.7 Å². The minimum atomic E-state index is -1.32. The van der Waals surface area contributed by atoms with E-state index in [9.17, 15) is 9.59 Å². The Morgan fingerprint density at radius 3 is 2.41 bits per heavy atom. The van der Waals surface area contributed by atoms with E-state index in [2.05, 4.69) is 5.32 Å². The van der Waals surface area contributed by atoms with Crippen LogP contribution in [0.4, 0.5) is 4.79 Å². The Morgan fingerprint density at radius 2 is 2.06 bits per heavy atom. The van der Waals surface area contributed by atoms with Crippen LogP contribution in [0.5, 0.6) is 0 Å². The zero-order valence-corrected chi connectivity index (χ0v) is 10.6. The monoisotopic (exact) mass is 241 g/mol. The molecule has 0 bridgehead atoms. The van der Waals surface area contributed by atoms with Gasteiger partial charge in [-0.1, -0.05) is 0 Å². The molecule has 1 atom stereocenters. The van der Waals surface area contributed by atoms with Gasteiger partial charge in [-0.3, -0.25) is 0 Å². The third kappa shape index (κ3) is 4.72. The summed E-state index contributed by atoms with van der Waals surface area (Å²) in [6, 6.07) is 1.56. The Morgan fingerprint density at radius 1 is 1.53 bits per heavy atom. The van der Waals surface area contributed by atoms with Crippen LogP contribution in [0.15, 0.2) is 0 Å². The number of amides is 2. The molecule has 0 spiro atoms. The first-order valence-electron chi connectivity index (χ1n) is 5.44. The van der Waals surface area contributed by atoms with Gasteiger partial charge >= 0.3 is 12.0 Å². The molecule has 6 nitrogen and oxygen atoms in total. The van der Waals surface area contributed by atoms with Crippen LogP contribution in [0.1, 0.15) is 27.7 Å². The largest absolute Gasteiger partial charge is 0.480 e. The van der Waals surface area contributed by atoms with E-state index in [1.54, 1.807) is 13.8 Å². The number of carbonyl (C=O) groups excluding carboxylic acids is 1. The molecule has 0 saturated carbocycles. The van der Waals surface area contributed by atoms with Crippen molar-refractivity contribution in [2.45, 2.75) is 33.2 Å². The normalized spacial score (nSPS) is 12.4. The second-order valence-electron chi connectivity index (χ2n) is 4.43. The summed E-state index contributed by atoms with van der Waals surface area (Å²) in [5.74, 6) is -1.39. The molecule has 0 aromatic rings. The summed E-state index contributed by atoms with van der Waals surface area (Å²) in [4.78, 5) is 24.1. The van der Waals surface area contributed by atoms with E-state index >= 15 is 0 Å². The van der Waals surface area contributed by atoms with Gasteiger partial charge in [0.2, 0.25) is 0 Å². The van der Waals surface area contributed by atoms with Crippen molar-refractivity contribution in [2.75, 3.05) is 13.1 Å². The number of nitriles is 1. The molecule has 1 unspecified atom stereocenters. The minimum absolute atomic E-state index is 0.284. The minimum Gasteiger partial charge on any atom is -0.480 e. The Kier molecular flexibility index (Phi) is 5.45. The number of nitrogens with zero attached hydrogens (tertiary/aromatic N) is 2. The summed E-state index contributed by atoms with van der Waals surface area (Å²) in [5.41, 5.74) is -1.32. The Bertz CT molecular complexity index is 333. The van der Waals surface area contributed by atoms with Gasteiger partial charge in [0.15, 0.2) is 0 Å². The van der Waals surface area contributed by atoms with Crippen LogP contribution in [0.3, 0.4) is 0 Å². The molecule has 2 N–H and O–H groups in total. The van der Waals surface area contributed by atoms with Gasteiger partial charge in [0.1, 0.15) is 5.54 Å². The number of carboxylic acids is 1. The van der Waals surface area contributed by atoms with Gasteiger partial charge in [-0.2, -0.15) is 5.26 Å². The molecular weight excluding hydrogens is 222 g/mol. The maximum Gasteiger partial charge on any atom is 0.328 e. The highest BCUT2D eigenvalue weighted by atomic mass is 16.4. The number of hydrogen-bond acceptors (Lipinski definition) is 3. The van der Waals surface area contributed by atoms with Crippen molar-refractivity contribution >= 4 is 12.0 Å². The fourth-order valence-electron chi connectivity index (χ4n) is 1.13. The van der Waals surface area contributed by atoms with E-state index in [0.717, 1.165) is 0 Å². The van der Waals surface area contributed by atoms with Crippen LogP contribution in [0, 0.1) is 17.2 Å². The zero-order valence-electron chi connectivity index (χ0n) is 10.6. The molecule has 6 heteroatoms. The Hall–Kier alpha value is -1.77. The molecular formula is C11H19N3O3. The van der Waals surface area contributed by atoms with Crippen molar-refractivity contribution in [3.05, 3.63) is 0 Å². The first-order valence-corrected chi connectivity index (χ1v) is 5.44. The van der Waals surface area contributed by atoms with Crippen molar-refractivity contribution in [3.8, 4) is 6.07 Å². The third-order valence-electron chi connectivity index (χ3n) is 2.34. The maximum absolute atomic E-state index is 11.8. The van der Waals surface area contributed by atoms with Gasteiger partial charge in [0.25, 0.3) is 0 Å². The number of nitrogens with one attached hydrogen (secondary N) is 1. The summed E-state index contributed by atoms with van der Waals surface area (Å²) in [6.07, 6.45) is 0. The number of carbonyl (C=O) groups is 2. The highest BCUT2D eigenvalue weighted by Crippen LogP contribution is 2.05. The van der Waals surface area contributed by atoms with Crippen LogP contribution in [0.25, 0.3) is 0 Å². The fourth-order valence-corrected chi connectivity index (χ4v) is 1.13. The van der Waals surface area contributed by atoms with Crippen LogP contribution in [-0.4, -0.2) is 40.6 Å². The summed E-state index contributed by atoms with van der Waals surface area (Å²) >= 11 is 0. The van der Waals surface area contributed by atoms with Crippen molar-refractivity contribution in [3.63, 3.8) is 0 Å². The van der Waals surface area contributed by atoms with E-state index in [4.69, 9.17) is 10.4 Å². The maximum atomic E-state index is 11.8. The van der Waals surface area contributed by atoms with Gasteiger partial charge < -0.3 is 15.3 Å². The predicted octanol–water partition coefficient (Wildman–Crippen LogP) is 1.04. The molecule has 0 radical (unpaired) electrons. The molecule has 17 heavy (non-hydrogen) atoms. The molecule has 0 heterocycles. The smallest absolute Gasteiger partial charge is 0.328 e. The topological polar surface area (TPSA) is 93.4 Å². The highest BCUT2D eigenvalue weighted by molar-refractivity contribution is 5.85. The average molecular weight is 241 g/mol. The molecule has 0 rings (SSSR count). The molecule has 0 aliphatic carbocycles. The number of hydrogen-bond donors (Lipinski definition) is 2. The van der Waals surface area contributed by atoms with Gasteiger partial charge in [0.05, 0.1) is 12.0 Å². The van der Waals surface area contributed by atoms with Crippen molar-refractivity contribution < 1.29 is 14.7 Å². The molecule has 0 aliphatic rings. The van der Waals surface area contributed by atoms with Gasteiger partial charge in [0, 0.05) is 13.1 Å². The first kappa shape index (κ1) is 15.2. The molecule has 0 fully saturated rings. The molecule has 2 amide bonds. The first-order chi connectivity index (χ1) is 7.74. The standard InChI is InChI=1S/C11H19N3O3/c1-5-14(7-8(2)6-12)10(17)13-11(3,4)9(15)16/h8H,5,7H2,1-4H3,(H,13,17)(H,15,16). The molecule has 0 aliphatic heterocycles. The second-order valence-corrected chi connectivity index (χ2v) is 4.43. The number of urea groups is 1. The van der Waals surface area contributed by atoms with Gasteiger partial charge in [-0.15, -0.1) is 0 Å². The van der Waals surface area contributed by atoms with E-state index in [0.29, 0.717) is 6.54 Å². The molecule has 0 aromatic carbocycles. The lowest BCUT2D eigenvalue weighted by Crippen LogP contribution is -2.54. The summed E-state index contributed by atoms with van der Waals surface area (Å²) in [5, 5.41) is 20.0. The van der Waals surface area contributed by atoms with Crippen molar-refractivity contribution in [2.24, 2.45) is 5.92 Å². The lowest BCUT2D eigenvalue weighted by Gasteiger charge is -2.28. The Labute approximate surface area is 101 Å². The SMILES string of the molecule is CCN(CC(C)C#N)C(=O)NC(C)(C)C(=O)O. The number of rotatable bonds is 5. The Balaban J connectivity index is 4.57. The van der Waals surface area contributed by atoms with Crippen LogP contribution < -0.4 is 5.32 Å². The molecule has 0 saturated heterocycles. The van der Waals surface area contributed by atoms with E-state index in [1.807, 2.05) is 6.07 Å².